The fourth-order valence-electron chi connectivity index (χ4n) is 1.51. The summed E-state index contributed by atoms with van der Waals surface area (Å²) in [6.07, 6.45) is 3.03. The molecule has 4 heteroatoms. The number of nitrogens with one attached hydrogen (secondary N) is 1. The number of carbonyl (C=O) groups is 1. The van der Waals surface area contributed by atoms with Gasteiger partial charge in [0.2, 0.25) is 0 Å². The van der Waals surface area contributed by atoms with Gasteiger partial charge in [-0.1, -0.05) is 12.1 Å². The molecule has 0 aliphatic rings. The van der Waals surface area contributed by atoms with Gasteiger partial charge < -0.3 is 5.32 Å². The lowest BCUT2D eigenvalue weighted by Crippen LogP contribution is -2.02. The van der Waals surface area contributed by atoms with E-state index in [9.17, 15) is 9.18 Å². The molecule has 0 aliphatic carbocycles. The first-order valence-corrected chi connectivity index (χ1v) is 5.15. The minimum Gasteiger partial charge on any atom is -0.351 e. The van der Waals surface area contributed by atoms with Crippen LogP contribution in [0.2, 0.25) is 0 Å². The molecule has 0 radical (unpaired) electrons. The summed E-state index contributed by atoms with van der Waals surface area (Å²) in [5.41, 5.74) is 1.32. The molecule has 1 heterocycles. The third-order valence-electron chi connectivity index (χ3n) is 2.34. The molecule has 0 spiro atoms. The molecule has 3 nitrogen and oxygen atoms in total. The van der Waals surface area contributed by atoms with Gasteiger partial charge in [0.15, 0.2) is 5.78 Å². The molecule has 1 aromatic heterocycles. The molecule has 0 fully saturated rings. The molecule has 0 saturated heterocycles. The zero-order chi connectivity index (χ0) is 12.3. The number of carbonyl (C=O) groups excluding carboxylic acids is 1. The minimum atomic E-state index is -0.370. The number of Topliss-reactive ketones (excluding diaryl/α,β-unsaturated/α-hetero) is 1. The summed E-state index contributed by atoms with van der Waals surface area (Å²) >= 11 is 0. The van der Waals surface area contributed by atoms with Gasteiger partial charge in [-0.05, 0) is 25.1 Å². The summed E-state index contributed by atoms with van der Waals surface area (Å²) in [6.45, 7) is 1.46. The molecule has 17 heavy (non-hydrogen) atoms. The summed E-state index contributed by atoms with van der Waals surface area (Å²) in [7, 11) is 0. The van der Waals surface area contributed by atoms with Crippen molar-refractivity contribution in [1.29, 1.82) is 0 Å². The first kappa shape index (κ1) is 11.3. The second-order valence-corrected chi connectivity index (χ2v) is 3.58. The fraction of sp³-hybridized carbons (Fsp3) is 0.0769. The summed E-state index contributed by atoms with van der Waals surface area (Å²) in [5, 5.41) is 2.86. The molecular formula is C13H11FN2O. The van der Waals surface area contributed by atoms with Crippen molar-refractivity contribution in [2.24, 2.45) is 0 Å². The van der Waals surface area contributed by atoms with E-state index in [0.29, 0.717) is 16.9 Å². The molecule has 0 saturated carbocycles. The minimum absolute atomic E-state index is 0.0914. The number of hydrogen-bond acceptors (Lipinski definition) is 3. The van der Waals surface area contributed by atoms with Crippen LogP contribution >= 0.6 is 0 Å². The van der Waals surface area contributed by atoms with Crippen molar-refractivity contribution in [1.82, 2.24) is 4.98 Å². The average molecular weight is 230 g/mol. The van der Waals surface area contributed by atoms with Gasteiger partial charge in [0, 0.05) is 11.8 Å². The Bertz CT molecular complexity index is 555. The average Bonchev–Trinajstić information content (AvgIpc) is 2.32. The normalized spacial score (nSPS) is 10.0. The highest BCUT2D eigenvalue weighted by Crippen LogP contribution is 2.22. The Hall–Kier alpha value is -2.23. The van der Waals surface area contributed by atoms with Crippen LogP contribution in [0.15, 0.2) is 42.7 Å². The van der Waals surface area contributed by atoms with Crippen molar-refractivity contribution in [2.75, 3.05) is 5.32 Å². The molecule has 0 bridgehead atoms. The van der Waals surface area contributed by atoms with E-state index < -0.39 is 0 Å². The third-order valence-corrected chi connectivity index (χ3v) is 2.34. The molecule has 1 aromatic carbocycles. The van der Waals surface area contributed by atoms with E-state index in [-0.39, 0.29) is 11.6 Å². The second-order valence-electron chi connectivity index (χ2n) is 3.58. The van der Waals surface area contributed by atoms with Gasteiger partial charge in [0.05, 0.1) is 17.6 Å². The summed E-state index contributed by atoms with van der Waals surface area (Å²) in [6, 6.07) is 7.88. The number of pyridine rings is 1. The van der Waals surface area contributed by atoms with Gasteiger partial charge in [-0.2, -0.15) is 0 Å². The van der Waals surface area contributed by atoms with E-state index in [0.717, 1.165) is 0 Å². The topological polar surface area (TPSA) is 42.0 Å². The SMILES string of the molecule is CC(=O)c1ccncc1Nc1ccccc1F. The molecule has 0 amide bonds. The van der Waals surface area contributed by atoms with Gasteiger partial charge >= 0.3 is 0 Å². The quantitative estimate of drug-likeness (QED) is 0.823. The number of anilines is 2. The van der Waals surface area contributed by atoms with E-state index in [1.165, 1.54) is 25.4 Å². The lowest BCUT2D eigenvalue weighted by molar-refractivity contribution is 0.101. The third kappa shape index (κ3) is 2.47. The molecular weight excluding hydrogens is 219 g/mol. The number of aromatic nitrogens is 1. The first-order chi connectivity index (χ1) is 8.18. The predicted octanol–water partition coefficient (Wildman–Crippen LogP) is 3.17. The van der Waals surface area contributed by atoms with Crippen LogP contribution in [-0.4, -0.2) is 10.8 Å². The molecule has 2 aromatic rings. The zero-order valence-corrected chi connectivity index (χ0v) is 9.27. The van der Waals surface area contributed by atoms with Crippen LogP contribution in [-0.2, 0) is 0 Å². The summed E-state index contributed by atoms with van der Waals surface area (Å²) < 4.78 is 13.4. The van der Waals surface area contributed by atoms with Gasteiger partial charge in [-0.3, -0.25) is 9.78 Å². The van der Waals surface area contributed by atoms with Gasteiger partial charge in [-0.25, -0.2) is 4.39 Å². The lowest BCUT2D eigenvalue weighted by atomic mass is 10.1. The molecule has 0 aliphatic heterocycles. The predicted molar refractivity (Wildman–Crippen MR) is 63.9 cm³/mol. The van der Waals surface area contributed by atoms with Crippen LogP contribution in [0.1, 0.15) is 17.3 Å². The molecule has 0 unspecified atom stereocenters. The Morgan fingerprint density at radius 1 is 1.24 bits per heavy atom. The Kier molecular flexibility index (Phi) is 3.14. The van der Waals surface area contributed by atoms with Crippen LogP contribution in [0, 0.1) is 5.82 Å². The van der Waals surface area contributed by atoms with Gasteiger partial charge in [0.1, 0.15) is 5.82 Å². The number of nitrogens with zero attached hydrogens (tertiary/aromatic N) is 1. The molecule has 1 N–H and O–H groups in total. The maximum Gasteiger partial charge on any atom is 0.162 e. The highest BCUT2D eigenvalue weighted by atomic mass is 19.1. The van der Waals surface area contributed by atoms with Crippen LogP contribution in [0.5, 0.6) is 0 Å². The maximum atomic E-state index is 13.4. The maximum absolute atomic E-state index is 13.4. The van der Waals surface area contributed by atoms with Gasteiger partial charge in [0.25, 0.3) is 0 Å². The number of hydrogen-bond donors (Lipinski definition) is 1. The van der Waals surface area contributed by atoms with Crippen molar-refractivity contribution in [3.63, 3.8) is 0 Å². The first-order valence-electron chi connectivity index (χ1n) is 5.15. The van der Waals surface area contributed by atoms with Crippen LogP contribution in [0.3, 0.4) is 0 Å². The Balaban J connectivity index is 2.37. The molecule has 86 valence electrons. The van der Waals surface area contributed by atoms with Crippen LogP contribution in [0.4, 0.5) is 15.8 Å². The summed E-state index contributed by atoms with van der Waals surface area (Å²) in [4.78, 5) is 15.3. The summed E-state index contributed by atoms with van der Waals surface area (Å²) in [5.74, 6) is -0.461. The van der Waals surface area contributed by atoms with Crippen molar-refractivity contribution in [2.45, 2.75) is 6.92 Å². The van der Waals surface area contributed by atoms with Gasteiger partial charge in [-0.15, -0.1) is 0 Å². The van der Waals surface area contributed by atoms with Crippen molar-refractivity contribution >= 4 is 17.2 Å². The number of para-hydroxylation sites is 1. The van der Waals surface area contributed by atoms with Crippen molar-refractivity contribution in [3.8, 4) is 0 Å². The Morgan fingerprint density at radius 2 is 2.00 bits per heavy atom. The number of benzene rings is 1. The number of halogens is 1. The fourth-order valence-corrected chi connectivity index (χ4v) is 1.51. The smallest absolute Gasteiger partial charge is 0.162 e. The standard InChI is InChI=1S/C13H11FN2O/c1-9(17)10-6-7-15-8-13(10)16-12-5-3-2-4-11(12)14/h2-8,16H,1H3. The number of rotatable bonds is 3. The van der Waals surface area contributed by atoms with E-state index in [1.54, 1.807) is 24.3 Å². The molecule has 2 rings (SSSR count). The van der Waals surface area contributed by atoms with Crippen molar-refractivity contribution < 1.29 is 9.18 Å². The monoisotopic (exact) mass is 230 g/mol. The Labute approximate surface area is 98.3 Å². The van der Waals surface area contributed by atoms with Crippen molar-refractivity contribution in [3.05, 3.63) is 54.1 Å². The van der Waals surface area contributed by atoms with E-state index in [4.69, 9.17) is 0 Å². The second kappa shape index (κ2) is 4.74. The van der Waals surface area contributed by atoms with Crippen LogP contribution < -0.4 is 5.32 Å². The Morgan fingerprint density at radius 3 is 2.71 bits per heavy atom. The number of ketones is 1. The highest BCUT2D eigenvalue weighted by molar-refractivity contribution is 5.99. The largest absolute Gasteiger partial charge is 0.351 e. The molecule has 0 atom stereocenters. The highest BCUT2D eigenvalue weighted by Gasteiger charge is 2.08. The van der Waals surface area contributed by atoms with Crippen LogP contribution in [0.25, 0.3) is 0 Å². The zero-order valence-electron chi connectivity index (χ0n) is 9.27. The lowest BCUT2D eigenvalue weighted by Gasteiger charge is -2.09. The van der Waals surface area contributed by atoms with E-state index in [2.05, 4.69) is 10.3 Å². The van der Waals surface area contributed by atoms with E-state index in [1.807, 2.05) is 0 Å². The van der Waals surface area contributed by atoms with E-state index >= 15 is 0 Å².